The predicted molar refractivity (Wildman–Crippen MR) is 84.6 cm³/mol. The average Bonchev–Trinajstić information content (AvgIpc) is 2.77. The SMILES string of the molecule is C.CC(C)c1ccccc1.CC(C)c1ccnn1C. The van der Waals surface area contributed by atoms with Crippen LogP contribution in [0.5, 0.6) is 0 Å². The third-order valence-electron chi connectivity index (χ3n) is 2.92. The second-order valence-electron chi connectivity index (χ2n) is 5.10. The molecule has 0 aliphatic rings. The molecule has 1 aromatic carbocycles. The van der Waals surface area contributed by atoms with Gasteiger partial charge in [-0.1, -0.05) is 65.5 Å². The highest BCUT2D eigenvalue weighted by molar-refractivity contribution is 5.17. The molecule has 1 heterocycles. The van der Waals surface area contributed by atoms with Crippen LogP contribution >= 0.6 is 0 Å². The van der Waals surface area contributed by atoms with Gasteiger partial charge in [0.2, 0.25) is 0 Å². The first-order valence-corrected chi connectivity index (χ1v) is 6.55. The van der Waals surface area contributed by atoms with Gasteiger partial charge in [0.1, 0.15) is 0 Å². The summed E-state index contributed by atoms with van der Waals surface area (Å²) in [6, 6.07) is 12.6. The van der Waals surface area contributed by atoms with Gasteiger partial charge in [-0.25, -0.2) is 0 Å². The van der Waals surface area contributed by atoms with Crippen LogP contribution in [0.4, 0.5) is 0 Å². The van der Waals surface area contributed by atoms with E-state index in [0.717, 1.165) is 0 Å². The average molecular weight is 260 g/mol. The summed E-state index contributed by atoms with van der Waals surface area (Å²) in [5, 5.41) is 4.05. The van der Waals surface area contributed by atoms with E-state index in [1.54, 1.807) is 0 Å². The second-order valence-corrected chi connectivity index (χ2v) is 5.10. The molecular formula is C17H28N2. The maximum Gasteiger partial charge on any atom is 0.0492 e. The molecule has 0 unspecified atom stereocenters. The Morgan fingerprint density at radius 1 is 0.895 bits per heavy atom. The van der Waals surface area contributed by atoms with Crippen LogP contribution in [0.15, 0.2) is 42.6 Å². The highest BCUT2D eigenvalue weighted by atomic mass is 15.3. The van der Waals surface area contributed by atoms with Gasteiger partial charge in [0.05, 0.1) is 0 Å². The van der Waals surface area contributed by atoms with E-state index in [0.29, 0.717) is 11.8 Å². The summed E-state index contributed by atoms with van der Waals surface area (Å²) < 4.78 is 1.91. The zero-order valence-corrected chi connectivity index (χ0v) is 12.1. The summed E-state index contributed by atoms with van der Waals surface area (Å²) in [6.45, 7) is 8.73. The van der Waals surface area contributed by atoms with Crippen molar-refractivity contribution in [1.29, 1.82) is 0 Å². The lowest BCUT2D eigenvalue weighted by atomic mass is 10.0. The third kappa shape index (κ3) is 5.73. The van der Waals surface area contributed by atoms with Crippen LogP contribution in [0.2, 0.25) is 0 Å². The first kappa shape index (κ1) is 17.4. The van der Waals surface area contributed by atoms with Gasteiger partial charge in [0.25, 0.3) is 0 Å². The molecule has 0 aliphatic carbocycles. The minimum atomic E-state index is 0. The molecule has 2 aromatic rings. The largest absolute Gasteiger partial charge is 0.272 e. The number of rotatable bonds is 2. The number of nitrogens with zero attached hydrogens (tertiary/aromatic N) is 2. The Kier molecular flexibility index (Phi) is 7.81. The lowest BCUT2D eigenvalue weighted by Crippen LogP contribution is -1.98. The maximum atomic E-state index is 4.05. The van der Waals surface area contributed by atoms with Gasteiger partial charge in [-0.2, -0.15) is 5.10 Å². The fourth-order valence-electron chi connectivity index (χ4n) is 1.79. The van der Waals surface area contributed by atoms with Crippen molar-refractivity contribution in [2.24, 2.45) is 7.05 Å². The van der Waals surface area contributed by atoms with Gasteiger partial charge in [0.15, 0.2) is 0 Å². The van der Waals surface area contributed by atoms with E-state index in [1.807, 2.05) is 30.1 Å². The van der Waals surface area contributed by atoms with Crippen LogP contribution < -0.4 is 0 Å². The molecule has 0 atom stereocenters. The molecule has 0 saturated carbocycles. The Labute approximate surface area is 118 Å². The Morgan fingerprint density at radius 2 is 1.47 bits per heavy atom. The highest BCUT2D eigenvalue weighted by Gasteiger charge is 2.00. The van der Waals surface area contributed by atoms with E-state index in [-0.39, 0.29) is 7.43 Å². The molecule has 0 N–H and O–H groups in total. The summed E-state index contributed by atoms with van der Waals surface area (Å²) in [5.41, 5.74) is 2.70. The van der Waals surface area contributed by atoms with Gasteiger partial charge in [0, 0.05) is 18.9 Å². The van der Waals surface area contributed by atoms with E-state index in [2.05, 4.69) is 57.1 Å². The fourth-order valence-corrected chi connectivity index (χ4v) is 1.79. The van der Waals surface area contributed by atoms with Crippen molar-refractivity contribution in [2.45, 2.75) is 47.0 Å². The predicted octanol–water partition coefficient (Wildman–Crippen LogP) is 4.99. The van der Waals surface area contributed by atoms with Crippen molar-refractivity contribution in [3.05, 3.63) is 53.9 Å². The van der Waals surface area contributed by atoms with Crippen LogP contribution in [0, 0.1) is 0 Å². The van der Waals surface area contributed by atoms with Crippen molar-refractivity contribution < 1.29 is 0 Å². The quantitative estimate of drug-likeness (QED) is 0.744. The molecule has 1 aromatic heterocycles. The van der Waals surface area contributed by atoms with Gasteiger partial charge in [-0.05, 0) is 23.5 Å². The Bertz CT molecular complexity index is 441. The van der Waals surface area contributed by atoms with E-state index >= 15 is 0 Å². The number of benzene rings is 1. The lowest BCUT2D eigenvalue weighted by molar-refractivity contribution is 0.669. The van der Waals surface area contributed by atoms with Crippen molar-refractivity contribution in [2.75, 3.05) is 0 Å². The molecule has 0 amide bonds. The number of aryl methyl sites for hydroxylation is 1. The second kappa shape index (κ2) is 8.52. The summed E-state index contributed by atoms with van der Waals surface area (Å²) in [4.78, 5) is 0. The Morgan fingerprint density at radius 3 is 1.74 bits per heavy atom. The van der Waals surface area contributed by atoms with Gasteiger partial charge < -0.3 is 0 Å². The molecule has 0 fully saturated rings. The lowest BCUT2D eigenvalue weighted by Gasteiger charge is -2.02. The molecule has 0 radical (unpaired) electrons. The standard InChI is InChI=1S/C9H12.C7H12N2.CH4/c1-8(2)9-6-4-3-5-7-9;1-6(2)7-4-5-8-9(7)3;/h3-8H,1-2H3;4-6H,1-3H3;1H4. The summed E-state index contributed by atoms with van der Waals surface area (Å²) in [5.74, 6) is 1.24. The van der Waals surface area contributed by atoms with Crippen molar-refractivity contribution >= 4 is 0 Å². The Hall–Kier alpha value is -1.57. The zero-order chi connectivity index (χ0) is 13.5. The molecule has 2 nitrogen and oxygen atoms in total. The smallest absolute Gasteiger partial charge is 0.0492 e. The highest BCUT2D eigenvalue weighted by Crippen LogP contribution is 2.12. The fraction of sp³-hybridized carbons (Fsp3) is 0.471. The first-order valence-electron chi connectivity index (χ1n) is 6.55. The van der Waals surface area contributed by atoms with Crippen molar-refractivity contribution in [3.8, 4) is 0 Å². The third-order valence-corrected chi connectivity index (χ3v) is 2.92. The van der Waals surface area contributed by atoms with Crippen molar-refractivity contribution in [3.63, 3.8) is 0 Å². The van der Waals surface area contributed by atoms with E-state index in [1.165, 1.54) is 11.3 Å². The molecule has 106 valence electrons. The molecule has 0 spiro atoms. The number of hydrogen-bond donors (Lipinski definition) is 0. The molecular weight excluding hydrogens is 232 g/mol. The summed E-state index contributed by atoms with van der Waals surface area (Å²) in [6.07, 6.45) is 1.83. The minimum Gasteiger partial charge on any atom is -0.272 e. The van der Waals surface area contributed by atoms with Crippen LogP contribution in [0.3, 0.4) is 0 Å². The van der Waals surface area contributed by atoms with Crippen molar-refractivity contribution in [1.82, 2.24) is 9.78 Å². The summed E-state index contributed by atoms with van der Waals surface area (Å²) in [7, 11) is 1.97. The summed E-state index contributed by atoms with van der Waals surface area (Å²) >= 11 is 0. The van der Waals surface area contributed by atoms with E-state index < -0.39 is 0 Å². The molecule has 0 aliphatic heterocycles. The molecule has 0 saturated heterocycles. The van der Waals surface area contributed by atoms with E-state index in [4.69, 9.17) is 0 Å². The van der Waals surface area contributed by atoms with Crippen LogP contribution in [-0.4, -0.2) is 9.78 Å². The zero-order valence-electron chi connectivity index (χ0n) is 12.1. The minimum absolute atomic E-state index is 0. The molecule has 19 heavy (non-hydrogen) atoms. The van der Waals surface area contributed by atoms with Gasteiger partial charge in [-0.15, -0.1) is 0 Å². The van der Waals surface area contributed by atoms with E-state index in [9.17, 15) is 0 Å². The normalized spacial score (nSPS) is 9.84. The van der Waals surface area contributed by atoms with Crippen LogP contribution in [-0.2, 0) is 7.05 Å². The molecule has 2 rings (SSSR count). The number of aromatic nitrogens is 2. The van der Waals surface area contributed by atoms with Crippen LogP contribution in [0.1, 0.15) is 58.2 Å². The number of hydrogen-bond acceptors (Lipinski definition) is 1. The topological polar surface area (TPSA) is 17.8 Å². The molecule has 0 bridgehead atoms. The first-order chi connectivity index (χ1) is 8.52. The van der Waals surface area contributed by atoms with Gasteiger partial charge >= 0.3 is 0 Å². The van der Waals surface area contributed by atoms with Crippen LogP contribution in [0.25, 0.3) is 0 Å². The van der Waals surface area contributed by atoms with Gasteiger partial charge in [-0.3, -0.25) is 4.68 Å². The maximum absolute atomic E-state index is 4.05. The monoisotopic (exact) mass is 260 g/mol. The Balaban J connectivity index is 0.000000324. The molecule has 2 heteroatoms.